The molecule has 0 radical (unpaired) electrons. The Balaban J connectivity index is 2.27. The highest BCUT2D eigenvalue weighted by atomic mass is 32.2. The van der Waals surface area contributed by atoms with Crippen molar-refractivity contribution in [3.63, 3.8) is 0 Å². The maximum Gasteiger partial charge on any atom is 0.207 e. The summed E-state index contributed by atoms with van der Waals surface area (Å²) in [6.45, 7) is 1.85. The van der Waals surface area contributed by atoms with Crippen LogP contribution >= 0.6 is 0 Å². The van der Waals surface area contributed by atoms with Gasteiger partial charge in [-0.3, -0.25) is 4.98 Å². The molecule has 0 unspecified atom stereocenters. The summed E-state index contributed by atoms with van der Waals surface area (Å²) in [5, 5.41) is 0. The van der Waals surface area contributed by atoms with Crippen molar-refractivity contribution in [3.8, 4) is 5.75 Å². The van der Waals surface area contributed by atoms with E-state index in [9.17, 15) is 8.42 Å². The fourth-order valence-electron chi connectivity index (χ4n) is 2.72. The molecule has 4 nitrogen and oxygen atoms in total. The number of benzene rings is 2. The van der Waals surface area contributed by atoms with E-state index in [0.717, 1.165) is 5.56 Å². The van der Waals surface area contributed by atoms with Crippen molar-refractivity contribution in [2.45, 2.75) is 11.8 Å². The van der Waals surface area contributed by atoms with Crippen LogP contribution in [0.5, 0.6) is 5.75 Å². The highest BCUT2D eigenvalue weighted by Gasteiger charge is 2.24. The molecule has 2 aromatic carbocycles. The van der Waals surface area contributed by atoms with E-state index in [0.29, 0.717) is 17.0 Å². The van der Waals surface area contributed by atoms with Gasteiger partial charge in [0, 0.05) is 11.8 Å². The second-order valence-corrected chi connectivity index (χ2v) is 7.63. The van der Waals surface area contributed by atoms with E-state index in [1.807, 2.05) is 19.1 Å². The SMILES string of the molecule is COc1cccc(/C(=C\c2ccccn2)S(=O)(=O)c2ccccc2)c1C. The highest BCUT2D eigenvalue weighted by molar-refractivity contribution is 8.00. The Hall–Kier alpha value is -2.92. The topological polar surface area (TPSA) is 56.3 Å². The largest absolute Gasteiger partial charge is 0.496 e. The summed E-state index contributed by atoms with van der Waals surface area (Å²) in [5.41, 5.74) is 1.93. The van der Waals surface area contributed by atoms with Gasteiger partial charge in [0.2, 0.25) is 9.84 Å². The lowest BCUT2D eigenvalue weighted by Crippen LogP contribution is -2.06. The molecule has 5 heteroatoms. The van der Waals surface area contributed by atoms with Crippen molar-refractivity contribution in [1.29, 1.82) is 0 Å². The Morgan fingerprint density at radius 2 is 1.69 bits per heavy atom. The van der Waals surface area contributed by atoms with Crippen LogP contribution in [0.2, 0.25) is 0 Å². The summed E-state index contributed by atoms with van der Waals surface area (Å²) in [4.78, 5) is 4.68. The van der Waals surface area contributed by atoms with E-state index >= 15 is 0 Å². The minimum atomic E-state index is -3.73. The molecule has 0 atom stereocenters. The molecule has 1 aromatic heterocycles. The van der Waals surface area contributed by atoms with Crippen molar-refractivity contribution in [2.75, 3.05) is 7.11 Å². The number of ether oxygens (including phenoxy) is 1. The molecular weight excluding hydrogens is 346 g/mol. The van der Waals surface area contributed by atoms with Crippen LogP contribution in [0.4, 0.5) is 0 Å². The third kappa shape index (κ3) is 3.53. The maximum atomic E-state index is 13.4. The standard InChI is InChI=1S/C21H19NO3S/c1-16-19(12-8-13-20(16)25-2)21(15-17-9-6-7-14-22-17)26(23,24)18-10-4-3-5-11-18/h3-15H,1-2H3/b21-15+. The molecule has 0 aliphatic heterocycles. The van der Waals surface area contributed by atoms with Crippen LogP contribution in [0.15, 0.2) is 77.8 Å². The molecule has 0 N–H and O–H groups in total. The second-order valence-electron chi connectivity index (χ2n) is 5.71. The van der Waals surface area contributed by atoms with E-state index in [-0.39, 0.29) is 9.80 Å². The van der Waals surface area contributed by atoms with Crippen LogP contribution in [-0.4, -0.2) is 20.5 Å². The summed E-state index contributed by atoms with van der Waals surface area (Å²) in [5.74, 6) is 0.637. The fourth-order valence-corrected chi connectivity index (χ4v) is 4.28. The molecule has 0 fully saturated rings. The molecule has 0 bridgehead atoms. The van der Waals surface area contributed by atoms with Crippen LogP contribution in [0, 0.1) is 6.92 Å². The Labute approximate surface area is 153 Å². The van der Waals surface area contributed by atoms with Crippen LogP contribution in [-0.2, 0) is 9.84 Å². The first-order valence-electron chi connectivity index (χ1n) is 8.11. The zero-order chi connectivity index (χ0) is 18.6. The summed E-state index contributed by atoms with van der Waals surface area (Å²) in [7, 11) is -2.16. The van der Waals surface area contributed by atoms with Gasteiger partial charge in [0.05, 0.1) is 22.6 Å². The van der Waals surface area contributed by atoms with Crippen molar-refractivity contribution < 1.29 is 13.2 Å². The van der Waals surface area contributed by atoms with Gasteiger partial charge in [0.25, 0.3) is 0 Å². The number of methoxy groups -OCH3 is 1. The van der Waals surface area contributed by atoms with Gasteiger partial charge in [-0.15, -0.1) is 0 Å². The number of pyridine rings is 1. The van der Waals surface area contributed by atoms with Gasteiger partial charge < -0.3 is 4.74 Å². The van der Waals surface area contributed by atoms with Gasteiger partial charge >= 0.3 is 0 Å². The molecule has 1 heterocycles. The number of sulfone groups is 1. The molecule has 0 aliphatic rings. The quantitative estimate of drug-likeness (QED) is 0.674. The Morgan fingerprint density at radius 1 is 0.962 bits per heavy atom. The van der Waals surface area contributed by atoms with Crippen LogP contribution < -0.4 is 4.74 Å². The number of hydrogen-bond donors (Lipinski definition) is 0. The minimum absolute atomic E-state index is 0.193. The Morgan fingerprint density at radius 3 is 2.35 bits per heavy atom. The zero-order valence-electron chi connectivity index (χ0n) is 14.6. The first-order valence-corrected chi connectivity index (χ1v) is 9.59. The van der Waals surface area contributed by atoms with E-state index < -0.39 is 9.84 Å². The molecule has 0 aliphatic carbocycles. The predicted molar refractivity (Wildman–Crippen MR) is 103 cm³/mol. The molecular formula is C21H19NO3S. The third-order valence-corrected chi connectivity index (χ3v) is 5.89. The summed E-state index contributed by atoms with van der Waals surface area (Å²) >= 11 is 0. The predicted octanol–water partition coefficient (Wildman–Crippen LogP) is 4.37. The van der Waals surface area contributed by atoms with E-state index in [2.05, 4.69) is 4.98 Å². The summed E-state index contributed by atoms with van der Waals surface area (Å²) in [6, 6.07) is 19.2. The van der Waals surface area contributed by atoms with Crippen LogP contribution in [0.3, 0.4) is 0 Å². The molecule has 0 saturated heterocycles. The van der Waals surface area contributed by atoms with Gasteiger partial charge in [-0.25, -0.2) is 8.42 Å². The number of aromatic nitrogens is 1. The lowest BCUT2D eigenvalue weighted by Gasteiger charge is -2.14. The number of hydrogen-bond acceptors (Lipinski definition) is 4. The minimum Gasteiger partial charge on any atom is -0.496 e. The molecule has 0 spiro atoms. The fraction of sp³-hybridized carbons (Fsp3) is 0.0952. The Kier molecular flexibility index (Phi) is 5.19. The van der Waals surface area contributed by atoms with Crippen molar-refractivity contribution >= 4 is 20.8 Å². The van der Waals surface area contributed by atoms with E-state index in [1.54, 1.807) is 74.0 Å². The van der Waals surface area contributed by atoms with Crippen molar-refractivity contribution in [3.05, 3.63) is 89.7 Å². The van der Waals surface area contributed by atoms with E-state index in [4.69, 9.17) is 4.74 Å². The lowest BCUT2D eigenvalue weighted by atomic mass is 10.1. The van der Waals surface area contributed by atoms with Gasteiger partial charge in [0.15, 0.2) is 0 Å². The first-order chi connectivity index (χ1) is 12.5. The average molecular weight is 365 g/mol. The number of nitrogens with zero attached hydrogens (tertiary/aromatic N) is 1. The summed E-state index contributed by atoms with van der Waals surface area (Å²) in [6.07, 6.45) is 3.24. The third-order valence-electron chi connectivity index (χ3n) is 4.08. The van der Waals surface area contributed by atoms with Crippen LogP contribution in [0.25, 0.3) is 11.0 Å². The monoisotopic (exact) mass is 365 g/mol. The van der Waals surface area contributed by atoms with Gasteiger partial charge in [-0.1, -0.05) is 36.4 Å². The molecule has 0 saturated carbocycles. The zero-order valence-corrected chi connectivity index (χ0v) is 15.4. The lowest BCUT2D eigenvalue weighted by molar-refractivity contribution is 0.411. The molecule has 0 amide bonds. The van der Waals surface area contributed by atoms with Gasteiger partial charge in [0.1, 0.15) is 5.75 Å². The Bertz CT molecular complexity index is 1030. The molecule has 26 heavy (non-hydrogen) atoms. The van der Waals surface area contributed by atoms with Crippen molar-refractivity contribution in [2.24, 2.45) is 0 Å². The molecule has 132 valence electrons. The molecule has 3 rings (SSSR count). The average Bonchev–Trinajstić information content (AvgIpc) is 2.68. The highest BCUT2D eigenvalue weighted by Crippen LogP contribution is 2.34. The van der Waals surface area contributed by atoms with Crippen molar-refractivity contribution in [1.82, 2.24) is 4.98 Å². The second kappa shape index (κ2) is 7.54. The first kappa shape index (κ1) is 17.9. The van der Waals surface area contributed by atoms with Crippen LogP contribution in [0.1, 0.15) is 16.8 Å². The van der Waals surface area contributed by atoms with Gasteiger partial charge in [-0.2, -0.15) is 0 Å². The summed E-state index contributed by atoms with van der Waals surface area (Å²) < 4.78 is 32.1. The maximum absolute atomic E-state index is 13.4. The normalized spacial score (nSPS) is 12.0. The van der Waals surface area contributed by atoms with E-state index in [1.165, 1.54) is 0 Å². The molecule has 3 aromatic rings. The van der Waals surface area contributed by atoms with Gasteiger partial charge in [-0.05, 0) is 48.9 Å². The number of rotatable bonds is 5. The smallest absolute Gasteiger partial charge is 0.207 e.